The molecule has 25 heavy (non-hydrogen) atoms. The largest absolute Gasteiger partial charge is 0.451 e. The first-order valence-electron chi connectivity index (χ1n) is 7.85. The summed E-state index contributed by atoms with van der Waals surface area (Å²) in [7, 11) is 0. The van der Waals surface area contributed by atoms with Gasteiger partial charge in [0.1, 0.15) is 11.4 Å². The topological polar surface area (TPSA) is 80.6 Å². The summed E-state index contributed by atoms with van der Waals surface area (Å²) >= 11 is 5.85. The average Bonchev–Trinajstić information content (AvgIpc) is 3.00. The fourth-order valence-electron chi connectivity index (χ4n) is 1.97. The summed E-state index contributed by atoms with van der Waals surface area (Å²) in [6.45, 7) is 5.86. The van der Waals surface area contributed by atoms with Crippen molar-refractivity contribution in [1.82, 2.24) is 10.6 Å². The van der Waals surface area contributed by atoms with E-state index < -0.39 is 11.7 Å². The second-order valence-corrected chi connectivity index (χ2v) is 6.79. The molecule has 0 fully saturated rings. The zero-order chi connectivity index (χ0) is 18.4. The highest BCUT2D eigenvalue weighted by Gasteiger charge is 2.16. The molecule has 6 nitrogen and oxygen atoms in total. The quantitative estimate of drug-likeness (QED) is 0.789. The zero-order valence-electron chi connectivity index (χ0n) is 14.4. The lowest BCUT2D eigenvalue weighted by Gasteiger charge is -2.19. The van der Waals surface area contributed by atoms with Gasteiger partial charge in [0.2, 0.25) is 0 Å². The molecular formula is C18H21ClN2O4. The van der Waals surface area contributed by atoms with E-state index in [-0.39, 0.29) is 24.8 Å². The molecule has 1 aromatic heterocycles. The lowest BCUT2D eigenvalue weighted by Crippen LogP contribution is -2.37. The van der Waals surface area contributed by atoms with E-state index in [2.05, 4.69) is 10.6 Å². The molecule has 0 radical (unpaired) electrons. The summed E-state index contributed by atoms with van der Waals surface area (Å²) in [5.41, 5.74) is 0.273. The van der Waals surface area contributed by atoms with Crippen LogP contribution in [0.3, 0.4) is 0 Å². The van der Waals surface area contributed by atoms with Gasteiger partial charge >= 0.3 is 6.09 Å². The maximum absolute atomic E-state index is 12.0. The highest BCUT2D eigenvalue weighted by atomic mass is 35.5. The first-order chi connectivity index (χ1) is 11.7. The summed E-state index contributed by atoms with van der Waals surface area (Å²) in [5.74, 6) is 0.419. The fourth-order valence-corrected chi connectivity index (χ4v) is 2.10. The predicted molar refractivity (Wildman–Crippen MR) is 95.7 cm³/mol. The van der Waals surface area contributed by atoms with E-state index in [1.54, 1.807) is 45.0 Å². The number of nitrogens with one attached hydrogen (secondary N) is 2. The Morgan fingerprint density at radius 1 is 1.04 bits per heavy atom. The van der Waals surface area contributed by atoms with Crippen molar-refractivity contribution in [3.8, 4) is 11.3 Å². The maximum Gasteiger partial charge on any atom is 0.407 e. The minimum atomic E-state index is -0.556. The number of alkyl carbamates (subject to hydrolysis) is 1. The normalized spacial score (nSPS) is 11.0. The van der Waals surface area contributed by atoms with Crippen LogP contribution in [-0.2, 0) is 4.74 Å². The van der Waals surface area contributed by atoms with Crippen molar-refractivity contribution in [1.29, 1.82) is 0 Å². The zero-order valence-corrected chi connectivity index (χ0v) is 15.1. The smallest absolute Gasteiger partial charge is 0.407 e. The van der Waals surface area contributed by atoms with Crippen molar-refractivity contribution in [3.63, 3.8) is 0 Å². The van der Waals surface area contributed by atoms with Crippen LogP contribution < -0.4 is 10.6 Å². The van der Waals surface area contributed by atoms with Crippen molar-refractivity contribution < 1.29 is 18.7 Å². The number of rotatable bonds is 5. The van der Waals surface area contributed by atoms with Gasteiger partial charge < -0.3 is 19.8 Å². The summed E-state index contributed by atoms with van der Waals surface area (Å²) in [6, 6.07) is 10.4. The van der Waals surface area contributed by atoms with Crippen molar-refractivity contribution in [2.75, 3.05) is 13.1 Å². The van der Waals surface area contributed by atoms with Gasteiger partial charge in [0.15, 0.2) is 5.76 Å². The number of benzene rings is 1. The van der Waals surface area contributed by atoms with Crippen LogP contribution in [0, 0.1) is 0 Å². The van der Waals surface area contributed by atoms with Gasteiger partial charge in [-0.3, -0.25) is 4.79 Å². The summed E-state index contributed by atoms with van der Waals surface area (Å²) in [4.78, 5) is 23.5. The van der Waals surface area contributed by atoms with E-state index in [4.69, 9.17) is 20.8 Å². The third-order valence-corrected chi connectivity index (χ3v) is 3.29. The first kappa shape index (κ1) is 18.9. The van der Waals surface area contributed by atoms with E-state index in [0.29, 0.717) is 10.8 Å². The van der Waals surface area contributed by atoms with Crippen LogP contribution >= 0.6 is 11.6 Å². The van der Waals surface area contributed by atoms with Gasteiger partial charge in [-0.15, -0.1) is 0 Å². The van der Waals surface area contributed by atoms with Crippen LogP contribution in [0.5, 0.6) is 0 Å². The van der Waals surface area contributed by atoms with Gasteiger partial charge in [0, 0.05) is 23.7 Å². The van der Waals surface area contributed by atoms with Crippen molar-refractivity contribution in [3.05, 3.63) is 47.2 Å². The third kappa shape index (κ3) is 6.15. The Labute approximate surface area is 151 Å². The molecule has 0 aliphatic heterocycles. The molecule has 0 atom stereocenters. The number of hydrogen-bond donors (Lipinski definition) is 2. The lowest BCUT2D eigenvalue weighted by atomic mass is 10.2. The highest BCUT2D eigenvalue weighted by Crippen LogP contribution is 2.23. The second-order valence-electron chi connectivity index (χ2n) is 6.36. The van der Waals surface area contributed by atoms with Crippen LogP contribution in [0.15, 0.2) is 40.8 Å². The molecule has 2 aromatic rings. The molecule has 0 saturated heterocycles. The van der Waals surface area contributed by atoms with E-state index in [1.165, 1.54) is 0 Å². The molecule has 2 amide bonds. The number of halogens is 1. The molecule has 1 heterocycles. The number of amides is 2. The molecule has 0 spiro atoms. The predicted octanol–water partition coefficient (Wildman–Crippen LogP) is 3.85. The van der Waals surface area contributed by atoms with E-state index in [0.717, 1.165) is 5.56 Å². The second kappa shape index (κ2) is 8.07. The Bertz CT molecular complexity index is 732. The molecule has 7 heteroatoms. The Morgan fingerprint density at radius 2 is 1.68 bits per heavy atom. The molecule has 0 saturated carbocycles. The van der Waals surface area contributed by atoms with Gasteiger partial charge in [-0.1, -0.05) is 11.6 Å². The molecule has 134 valence electrons. The molecule has 1 aromatic carbocycles. The van der Waals surface area contributed by atoms with E-state index >= 15 is 0 Å². The van der Waals surface area contributed by atoms with Crippen molar-refractivity contribution in [2.45, 2.75) is 26.4 Å². The van der Waals surface area contributed by atoms with Crippen molar-refractivity contribution in [2.24, 2.45) is 0 Å². The lowest BCUT2D eigenvalue weighted by molar-refractivity contribution is 0.0526. The standard InChI is InChI=1S/C18H21ClN2O4/c1-18(2,3)25-17(23)21-11-10-20-16(22)15-9-8-14(24-15)12-4-6-13(19)7-5-12/h4-9H,10-11H2,1-3H3,(H,20,22)(H,21,23). The summed E-state index contributed by atoms with van der Waals surface area (Å²) in [5, 5.41) is 5.86. The number of hydrogen-bond acceptors (Lipinski definition) is 4. The van der Waals surface area contributed by atoms with Gasteiger partial charge in [0.25, 0.3) is 5.91 Å². The van der Waals surface area contributed by atoms with Gasteiger partial charge in [-0.05, 0) is 57.2 Å². The number of furan rings is 1. The van der Waals surface area contributed by atoms with Crippen molar-refractivity contribution >= 4 is 23.6 Å². The van der Waals surface area contributed by atoms with Gasteiger partial charge in [-0.2, -0.15) is 0 Å². The number of ether oxygens (including phenoxy) is 1. The van der Waals surface area contributed by atoms with Gasteiger partial charge in [0.05, 0.1) is 0 Å². The van der Waals surface area contributed by atoms with Crippen LogP contribution in [0.4, 0.5) is 4.79 Å². The van der Waals surface area contributed by atoms with Crippen LogP contribution in [0.1, 0.15) is 31.3 Å². The Balaban J connectivity index is 1.80. The maximum atomic E-state index is 12.0. The SMILES string of the molecule is CC(C)(C)OC(=O)NCCNC(=O)c1ccc(-c2ccc(Cl)cc2)o1. The monoisotopic (exact) mass is 364 g/mol. The molecule has 2 N–H and O–H groups in total. The van der Waals surface area contributed by atoms with E-state index in [9.17, 15) is 9.59 Å². The van der Waals surface area contributed by atoms with Crippen LogP contribution in [0.2, 0.25) is 5.02 Å². The van der Waals surface area contributed by atoms with Crippen LogP contribution in [-0.4, -0.2) is 30.7 Å². The fraction of sp³-hybridized carbons (Fsp3) is 0.333. The average molecular weight is 365 g/mol. The minimum absolute atomic E-state index is 0.196. The number of carbonyl (C=O) groups is 2. The summed E-state index contributed by atoms with van der Waals surface area (Å²) in [6.07, 6.45) is -0.523. The molecular weight excluding hydrogens is 344 g/mol. The van der Waals surface area contributed by atoms with Gasteiger partial charge in [-0.25, -0.2) is 4.79 Å². The molecule has 0 unspecified atom stereocenters. The first-order valence-corrected chi connectivity index (χ1v) is 8.23. The third-order valence-electron chi connectivity index (χ3n) is 3.04. The molecule has 0 aliphatic rings. The Morgan fingerprint density at radius 3 is 2.32 bits per heavy atom. The number of carbonyl (C=O) groups excluding carboxylic acids is 2. The Kier molecular flexibility index (Phi) is 6.09. The summed E-state index contributed by atoms with van der Waals surface area (Å²) < 4.78 is 10.6. The molecule has 0 bridgehead atoms. The Hall–Kier alpha value is -2.47. The molecule has 0 aliphatic carbocycles. The van der Waals surface area contributed by atoms with Crippen LogP contribution in [0.25, 0.3) is 11.3 Å². The highest BCUT2D eigenvalue weighted by molar-refractivity contribution is 6.30. The molecule has 2 rings (SSSR count). The van der Waals surface area contributed by atoms with E-state index in [1.807, 2.05) is 12.1 Å². The minimum Gasteiger partial charge on any atom is -0.451 e.